The lowest BCUT2D eigenvalue weighted by Crippen LogP contribution is -2.52. The van der Waals surface area contributed by atoms with E-state index in [4.69, 9.17) is 4.74 Å². The Labute approximate surface area is 137 Å². The Kier molecular flexibility index (Phi) is 4.90. The summed E-state index contributed by atoms with van der Waals surface area (Å²) < 4.78 is 5.74. The summed E-state index contributed by atoms with van der Waals surface area (Å²) in [5, 5.41) is 3.71. The zero-order chi connectivity index (χ0) is 16.3. The first-order valence-electron chi connectivity index (χ1n) is 7.09. The molecule has 1 atom stereocenters. The standard InChI is InChI=1S/C16H19BrN2O3/c1-4-7-16(2,15(21)22-3)19-14(20)13-8-10-5-6-11(17)9-12(10)18-13/h5-6,8-9,18H,4,7H2,1-3H3,(H,19,20). The number of carbonyl (C=O) groups is 2. The first-order valence-corrected chi connectivity index (χ1v) is 7.88. The number of nitrogens with one attached hydrogen (secondary N) is 2. The van der Waals surface area contributed by atoms with Gasteiger partial charge in [0.05, 0.1) is 7.11 Å². The van der Waals surface area contributed by atoms with Gasteiger partial charge in [-0.15, -0.1) is 0 Å². The van der Waals surface area contributed by atoms with Gasteiger partial charge in [-0.25, -0.2) is 4.79 Å². The fourth-order valence-corrected chi connectivity index (χ4v) is 2.84. The minimum absolute atomic E-state index is 0.325. The molecular formula is C16H19BrN2O3. The van der Waals surface area contributed by atoms with E-state index in [1.165, 1.54) is 7.11 Å². The van der Waals surface area contributed by atoms with Gasteiger partial charge in [-0.05, 0) is 31.5 Å². The molecule has 1 aromatic heterocycles. The normalized spacial score (nSPS) is 13.6. The number of hydrogen-bond acceptors (Lipinski definition) is 3. The van der Waals surface area contributed by atoms with Crippen molar-refractivity contribution >= 4 is 38.7 Å². The molecule has 0 spiro atoms. The van der Waals surface area contributed by atoms with Crippen molar-refractivity contribution in [2.75, 3.05) is 7.11 Å². The Balaban J connectivity index is 2.27. The first kappa shape index (κ1) is 16.5. The molecule has 118 valence electrons. The van der Waals surface area contributed by atoms with Crippen LogP contribution in [0.15, 0.2) is 28.7 Å². The Hall–Kier alpha value is -1.82. The number of rotatable bonds is 5. The van der Waals surface area contributed by atoms with Crippen LogP contribution in [0.4, 0.5) is 0 Å². The van der Waals surface area contributed by atoms with Crippen molar-refractivity contribution in [3.63, 3.8) is 0 Å². The van der Waals surface area contributed by atoms with Gasteiger partial charge in [0.15, 0.2) is 0 Å². The minimum Gasteiger partial charge on any atom is -0.467 e. The Morgan fingerprint density at radius 1 is 1.36 bits per heavy atom. The fourth-order valence-electron chi connectivity index (χ4n) is 2.48. The number of carbonyl (C=O) groups excluding carboxylic acids is 2. The summed E-state index contributed by atoms with van der Waals surface area (Å²) in [5.74, 6) is -0.768. The van der Waals surface area contributed by atoms with Crippen LogP contribution in [-0.2, 0) is 9.53 Å². The van der Waals surface area contributed by atoms with E-state index in [0.717, 1.165) is 21.8 Å². The second-order valence-electron chi connectivity index (χ2n) is 5.44. The molecule has 2 aromatic rings. The number of benzene rings is 1. The van der Waals surface area contributed by atoms with Gasteiger partial charge in [0, 0.05) is 15.4 Å². The van der Waals surface area contributed by atoms with E-state index >= 15 is 0 Å². The molecule has 2 rings (SSSR count). The third-order valence-corrected chi connectivity index (χ3v) is 4.10. The lowest BCUT2D eigenvalue weighted by Gasteiger charge is -2.27. The molecule has 1 unspecified atom stereocenters. The molecule has 22 heavy (non-hydrogen) atoms. The summed E-state index contributed by atoms with van der Waals surface area (Å²) in [6.07, 6.45) is 1.27. The molecule has 0 aliphatic heterocycles. The summed E-state index contributed by atoms with van der Waals surface area (Å²) in [5.41, 5.74) is 0.243. The molecule has 0 saturated carbocycles. The van der Waals surface area contributed by atoms with E-state index in [9.17, 15) is 9.59 Å². The summed E-state index contributed by atoms with van der Waals surface area (Å²) in [6.45, 7) is 3.63. The number of fused-ring (bicyclic) bond motifs is 1. The average Bonchev–Trinajstić information content (AvgIpc) is 2.89. The van der Waals surface area contributed by atoms with E-state index in [2.05, 4.69) is 26.2 Å². The van der Waals surface area contributed by atoms with Crippen LogP contribution in [0.5, 0.6) is 0 Å². The second-order valence-corrected chi connectivity index (χ2v) is 6.36. The molecule has 1 aromatic carbocycles. The number of halogens is 1. The van der Waals surface area contributed by atoms with Crippen LogP contribution in [0.25, 0.3) is 10.9 Å². The predicted octanol–water partition coefficient (Wildman–Crippen LogP) is 3.39. The number of ether oxygens (including phenoxy) is 1. The van der Waals surface area contributed by atoms with Crippen molar-refractivity contribution < 1.29 is 14.3 Å². The Morgan fingerprint density at radius 2 is 2.09 bits per heavy atom. The Morgan fingerprint density at radius 3 is 2.73 bits per heavy atom. The van der Waals surface area contributed by atoms with Gasteiger partial charge >= 0.3 is 5.97 Å². The third kappa shape index (κ3) is 3.32. The van der Waals surface area contributed by atoms with Crippen molar-refractivity contribution in [2.24, 2.45) is 0 Å². The maximum atomic E-state index is 12.4. The third-order valence-electron chi connectivity index (χ3n) is 3.60. The molecule has 0 fully saturated rings. The predicted molar refractivity (Wildman–Crippen MR) is 88.8 cm³/mol. The maximum absolute atomic E-state index is 12.4. The molecule has 0 aliphatic rings. The number of esters is 1. The quantitative estimate of drug-likeness (QED) is 0.796. The second kappa shape index (κ2) is 6.52. The van der Waals surface area contributed by atoms with Crippen LogP contribution < -0.4 is 5.32 Å². The van der Waals surface area contributed by atoms with Crippen LogP contribution in [0.1, 0.15) is 37.2 Å². The molecule has 5 nitrogen and oxygen atoms in total. The topological polar surface area (TPSA) is 71.2 Å². The molecule has 0 radical (unpaired) electrons. The summed E-state index contributed by atoms with van der Waals surface area (Å²) in [4.78, 5) is 27.5. The van der Waals surface area contributed by atoms with E-state index in [0.29, 0.717) is 12.1 Å². The largest absolute Gasteiger partial charge is 0.467 e. The summed E-state index contributed by atoms with van der Waals surface area (Å²) >= 11 is 3.39. The first-order chi connectivity index (χ1) is 10.4. The van der Waals surface area contributed by atoms with Crippen LogP contribution >= 0.6 is 15.9 Å². The van der Waals surface area contributed by atoms with Gasteiger partial charge < -0.3 is 15.0 Å². The zero-order valence-electron chi connectivity index (χ0n) is 12.8. The lowest BCUT2D eigenvalue weighted by molar-refractivity contribution is -0.147. The molecule has 6 heteroatoms. The monoisotopic (exact) mass is 366 g/mol. The smallest absolute Gasteiger partial charge is 0.331 e. The van der Waals surface area contributed by atoms with Crippen molar-refractivity contribution in [2.45, 2.75) is 32.2 Å². The molecule has 2 N–H and O–H groups in total. The van der Waals surface area contributed by atoms with Crippen LogP contribution in [0.3, 0.4) is 0 Å². The molecule has 0 aliphatic carbocycles. The van der Waals surface area contributed by atoms with Gasteiger partial charge in [0.1, 0.15) is 11.2 Å². The highest BCUT2D eigenvalue weighted by Crippen LogP contribution is 2.21. The Bertz CT molecular complexity index is 710. The van der Waals surface area contributed by atoms with E-state index < -0.39 is 11.5 Å². The summed E-state index contributed by atoms with van der Waals surface area (Å²) in [6, 6.07) is 7.49. The highest BCUT2D eigenvalue weighted by molar-refractivity contribution is 9.10. The molecule has 0 saturated heterocycles. The minimum atomic E-state index is -1.03. The van der Waals surface area contributed by atoms with Gasteiger partial charge in [-0.3, -0.25) is 4.79 Å². The van der Waals surface area contributed by atoms with E-state index in [1.54, 1.807) is 13.0 Å². The number of methoxy groups -OCH3 is 1. The number of aromatic nitrogens is 1. The van der Waals surface area contributed by atoms with Gasteiger partial charge in [-0.2, -0.15) is 0 Å². The number of aromatic amines is 1. The van der Waals surface area contributed by atoms with Crippen LogP contribution in [0.2, 0.25) is 0 Å². The summed E-state index contributed by atoms with van der Waals surface area (Å²) in [7, 11) is 1.32. The van der Waals surface area contributed by atoms with E-state index in [1.807, 2.05) is 25.1 Å². The SMILES string of the molecule is CCCC(C)(NC(=O)c1cc2ccc(Br)cc2[nH]1)C(=O)OC. The maximum Gasteiger partial charge on any atom is 0.331 e. The number of amides is 1. The van der Waals surface area contributed by atoms with Gasteiger partial charge in [-0.1, -0.05) is 35.3 Å². The highest BCUT2D eigenvalue weighted by Gasteiger charge is 2.35. The van der Waals surface area contributed by atoms with Gasteiger partial charge in [0.25, 0.3) is 5.91 Å². The van der Waals surface area contributed by atoms with Crippen LogP contribution in [-0.4, -0.2) is 29.5 Å². The zero-order valence-corrected chi connectivity index (χ0v) is 14.4. The van der Waals surface area contributed by atoms with Crippen molar-refractivity contribution in [3.05, 3.63) is 34.4 Å². The number of hydrogen-bond donors (Lipinski definition) is 2. The average molecular weight is 367 g/mol. The molecule has 1 amide bonds. The molecule has 1 heterocycles. The van der Waals surface area contributed by atoms with Gasteiger partial charge in [0.2, 0.25) is 0 Å². The molecule has 0 bridgehead atoms. The lowest BCUT2D eigenvalue weighted by atomic mass is 9.96. The highest BCUT2D eigenvalue weighted by atomic mass is 79.9. The van der Waals surface area contributed by atoms with Crippen molar-refractivity contribution in [3.8, 4) is 0 Å². The van der Waals surface area contributed by atoms with Crippen LogP contribution in [0, 0.1) is 0 Å². The van der Waals surface area contributed by atoms with Crippen molar-refractivity contribution in [1.29, 1.82) is 0 Å². The fraction of sp³-hybridized carbons (Fsp3) is 0.375. The van der Waals surface area contributed by atoms with Crippen molar-refractivity contribution in [1.82, 2.24) is 10.3 Å². The van der Waals surface area contributed by atoms with E-state index in [-0.39, 0.29) is 5.91 Å². The molecular weight excluding hydrogens is 348 g/mol. The number of H-pyrrole nitrogens is 1.